The van der Waals surface area contributed by atoms with Crippen molar-refractivity contribution >= 4 is 59.7 Å². The highest BCUT2D eigenvalue weighted by Crippen LogP contribution is 2.45. The molecule has 3 aromatic rings. The molecule has 3 aliphatic rings. The van der Waals surface area contributed by atoms with Crippen LogP contribution in [0.15, 0.2) is 78.9 Å². The fraction of sp³-hybridized carbons (Fsp3) is 0.472. The second-order valence-corrected chi connectivity index (χ2v) is 18.4. The van der Waals surface area contributed by atoms with Gasteiger partial charge in [-0.05, 0) is 34.4 Å². The van der Waals surface area contributed by atoms with Crippen molar-refractivity contribution in [1.29, 1.82) is 0 Å². The number of carbonyl (C=O) groups is 10. The van der Waals surface area contributed by atoms with Crippen LogP contribution < -0.4 is 16.0 Å². The summed E-state index contributed by atoms with van der Waals surface area (Å²) in [6.07, 6.45) is -16.9. The number of methoxy groups -OCH3 is 1. The molecule has 0 spiro atoms. The molecular formula is C53H61N3O23. The molecule has 0 bridgehead atoms. The molecule has 1 aliphatic carbocycles. The van der Waals surface area contributed by atoms with Crippen LogP contribution in [-0.2, 0) is 90.5 Å². The Kier molecular flexibility index (Phi) is 20.6. The van der Waals surface area contributed by atoms with Crippen LogP contribution in [0.3, 0.4) is 0 Å². The number of fused-ring (bicyclic) bond motifs is 3. The Balaban J connectivity index is 1.33. The Morgan fingerprint density at radius 2 is 1.29 bits per heavy atom. The fourth-order valence-electron chi connectivity index (χ4n) is 9.40. The van der Waals surface area contributed by atoms with E-state index in [-0.39, 0.29) is 18.1 Å². The van der Waals surface area contributed by atoms with Crippen molar-refractivity contribution < 1.29 is 110 Å². The zero-order chi connectivity index (χ0) is 57.7. The van der Waals surface area contributed by atoms with Gasteiger partial charge >= 0.3 is 47.9 Å². The van der Waals surface area contributed by atoms with Gasteiger partial charge in [-0.3, -0.25) is 28.8 Å². The summed E-state index contributed by atoms with van der Waals surface area (Å²) in [6.45, 7) is 3.12. The van der Waals surface area contributed by atoms with E-state index < -0.39 is 159 Å². The minimum absolute atomic E-state index is 0.0223. The van der Waals surface area contributed by atoms with Gasteiger partial charge < -0.3 is 78.3 Å². The average Bonchev–Trinajstić information content (AvgIpc) is 3.77. The summed E-state index contributed by atoms with van der Waals surface area (Å²) in [5.41, 5.74) is 3.64. The summed E-state index contributed by atoms with van der Waals surface area (Å²) >= 11 is 0. The van der Waals surface area contributed by atoms with Crippen LogP contribution in [0.4, 0.5) is 4.79 Å². The summed E-state index contributed by atoms with van der Waals surface area (Å²) < 4.78 is 62.9. The van der Waals surface area contributed by atoms with Crippen LogP contribution in [0, 0.1) is 0 Å². The Hall–Kier alpha value is -8.04. The predicted molar refractivity (Wildman–Crippen MR) is 265 cm³/mol. The Morgan fingerprint density at radius 3 is 1.85 bits per heavy atom. The third-order valence-electron chi connectivity index (χ3n) is 12.6. The van der Waals surface area contributed by atoms with E-state index in [2.05, 4.69) is 16.0 Å². The van der Waals surface area contributed by atoms with Crippen LogP contribution in [0.5, 0.6) is 0 Å². The van der Waals surface area contributed by atoms with Gasteiger partial charge in [-0.15, -0.1) is 0 Å². The molecule has 5 N–H and O–H groups in total. The molecule has 2 heterocycles. The molecule has 2 unspecified atom stereocenters. The molecule has 6 rings (SSSR count). The third kappa shape index (κ3) is 15.4. The normalized spacial score (nSPS) is 24.3. The molecule has 0 aromatic heterocycles. The number of hydrogen-bond acceptors (Lipinski definition) is 22. The van der Waals surface area contributed by atoms with Crippen molar-refractivity contribution in [3.05, 3.63) is 95.6 Å². The van der Waals surface area contributed by atoms with E-state index >= 15 is 0 Å². The molecule has 2 aliphatic heterocycles. The molecule has 0 saturated carbocycles. The molecule has 79 heavy (non-hydrogen) atoms. The van der Waals surface area contributed by atoms with E-state index in [9.17, 15) is 58.2 Å². The summed E-state index contributed by atoms with van der Waals surface area (Å²) in [4.78, 5) is 130. The standard InChI is InChI=1S/C53H61N3O23/c1-26(57)54-42-39(74-29(4)60)21-53(51(67)69-7,79-47(42)45(76-31(6)62)41(75-30(5)61)24-70-28(3)59)73-25-40-44(63)46(78-49(66)32-15-9-8-10-16-32)43(55-27(2)58)50(77-40)71-23-38(48(64)65)56-52(68)72-22-37-35-19-13-11-17-33(35)34-18-12-14-20-36(34)37/h8-20,37-47,50,63H,21-25H2,1-7H3,(H,54,57)(H,55,58)(H,56,68)(H,64,65)/t38-,39+,40?,41+,42+,43-,44-,45+,46+,47?,50-,53+/m0/s1. The second-order valence-electron chi connectivity index (χ2n) is 18.4. The second kappa shape index (κ2) is 27.0. The number of aliphatic hydroxyl groups excluding tert-OH is 1. The molecule has 3 amide bonds. The topological polar surface area (TPSA) is 349 Å². The van der Waals surface area contributed by atoms with Crippen molar-refractivity contribution in [2.75, 3.05) is 33.5 Å². The average molecular weight is 1110 g/mol. The van der Waals surface area contributed by atoms with Gasteiger partial charge in [0.15, 0.2) is 30.6 Å². The van der Waals surface area contributed by atoms with Crippen LogP contribution in [0.25, 0.3) is 11.1 Å². The maximum atomic E-state index is 14.2. The molecule has 0 radical (unpaired) electrons. The zero-order valence-corrected chi connectivity index (χ0v) is 43.9. The van der Waals surface area contributed by atoms with Crippen molar-refractivity contribution in [1.82, 2.24) is 16.0 Å². The highest BCUT2D eigenvalue weighted by Gasteiger charge is 2.60. The maximum Gasteiger partial charge on any atom is 0.407 e. The van der Waals surface area contributed by atoms with Gasteiger partial charge in [-0.1, -0.05) is 66.7 Å². The molecular weight excluding hydrogens is 1050 g/mol. The van der Waals surface area contributed by atoms with E-state index in [1.807, 2.05) is 48.5 Å². The number of rotatable bonds is 22. The number of hydrogen-bond donors (Lipinski definition) is 5. The van der Waals surface area contributed by atoms with Gasteiger partial charge in [0.2, 0.25) is 11.8 Å². The third-order valence-corrected chi connectivity index (χ3v) is 12.6. The minimum Gasteiger partial charge on any atom is -0.480 e. The molecule has 2 saturated heterocycles. The number of esters is 6. The number of amides is 3. The van der Waals surface area contributed by atoms with Gasteiger partial charge in [-0.25, -0.2) is 19.2 Å². The van der Waals surface area contributed by atoms with Crippen LogP contribution >= 0.6 is 0 Å². The first-order valence-corrected chi connectivity index (χ1v) is 24.7. The van der Waals surface area contributed by atoms with Crippen molar-refractivity contribution in [3.8, 4) is 11.1 Å². The number of alkyl carbamates (subject to hydrolysis) is 1. The van der Waals surface area contributed by atoms with E-state index in [1.54, 1.807) is 6.07 Å². The number of aliphatic hydroxyl groups is 1. The lowest BCUT2D eigenvalue weighted by Crippen LogP contribution is -2.70. The zero-order valence-electron chi connectivity index (χ0n) is 43.9. The van der Waals surface area contributed by atoms with Crippen molar-refractivity contribution in [2.45, 2.75) is 127 Å². The van der Waals surface area contributed by atoms with Crippen molar-refractivity contribution in [3.63, 3.8) is 0 Å². The molecule has 26 nitrogen and oxygen atoms in total. The van der Waals surface area contributed by atoms with Crippen LogP contribution in [0.2, 0.25) is 0 Å². The van der Waals surface area contributed by atoms with E-state index in [4.69, 9.17) is 52.1 Å². The van der Waals surface area contributed by atoms with Gasteiger partial charge in [0.1, 0.15) is 43.7 Å². The summed E-state index contributed by atoms with van der Waals surface area (Å²) in [6, 6.07) is 17.4. The summed E-state index contributed by atoms with van der Waals surface area (Å²) in [7, 11) is 0.904. The van der Waals surface area contributed by atoms with E-state index in [1.165, 1.54) is 24.3 Å². The first-order chi connectivity index (χ1) is 37.5. The Labute approximate surface area is 451 Å². The summed E-state index contributed by atoms with van der Waals surface area (Å²) in [5, 5.41) is 29.7. The quantitative estimate of drug-likeness (QED) is 0.0700. The lowest BCUT2D eigenvalue weighted by Gasteiger charge is -2.49. The van der Waals surface area contributed by atoms with Gasteiger partial charge in [0.25, 0.3) is 5.79 Å². The Morgan fingerprint density at radius 1 is 0.696 bits per heavy atom. The Bertz CT molecular complexity index is 2690. The van der Waals surface area contributed by atoms with Gasteiger partial charge in [0.05, 0.1) is 38.3 Å². The van der Waals surface area contributed by atoms with Gasteiger partial charge in [0, 0.05) is 47.5 Å². The first kappa shape index (κ1) is 60.2. The summed E-state index contributed by atoms with van der Waals surface area (Å²) in [5.74, 6) is -12.7. The lowest BCUT2D eigenvalue weighted by molar-refractivity contribution is -0.332. The van der Waals surface area contributed by atoms with E-state index in [0.29, 0.717) is 0 Å². The van der Waals surface area contributed by atoms with Crippen LogP contribution in [-0.4, -0.2) is 176 Å². The number of ether oxygens (including phenoxy) is 11. The number of carboxylic acid groups (broad SMARTS) is 1. The largest absolute Gasteiger partial charge is 0.480 e. The number of benzene rings is 3. The predicted octanol–water partition coefficient (Wildman–Crippen LogP) is 1.35. The minimum atomic E-state index is -2.85. The number of carboxylic acids is 1. The van der Waals surface area contributed by atoms with E-state index in [0.717, 1.165) is 70.9 Å². The van der Waals surface area contributed by atoms with Crippen molar-refractivity contribution in [2.24, 2.45) is 0 Å². The molecule has 26 heteroatoms. The monoisotopic (exact) mass is 1110 g/mol. The van der Waals surface area contributed by atoms with Crippen LogP contribution in [0.1, 0.15) is 75.4 Å². The highest BCUT2D eigenvalue weighted by molar-refractivity contribution is 5.89. The lowest BCUT2D eigenvalue weighted by atomic mass is 9.87. The molecule has 2 fully saturated rings. The molecule has 426 valence electrons. The number of aliphatic carboxylic acids is 1. The molecule has 3 aromatic carbocycles. The number of nitrogens with one attached hydrogen (secondary N) is 3. The highest BCUT2D eigenvalue weighted by atomic mass is 16.8. The number of carbonyl (C=O) groups excluding carboxylic acids is 9. The first-order valence-electron chi connectivity index (χ1n) is 24.7. The smallest absolute Gasteiger partial charge is 0.407 e. The maximum absolute atomic E-state index is 14.2. The van der Waals surface area contributed by atoms with Gasteiger partial charge in [-0.2, -0.15) is 0 Å². The fourth-order valence-corrected chi connectivity index (χ4v) is 9.40. The SMILES string of the molecule is COC(=O)[C@@]1(OCC2O[C@H](OC[C@H](NC(=O)OCC3c4ccccc4-c4ccccc43)C(=O)O)[C@@H](NC(C)=O)[C@@H](OC(=O)c3ccccc3)[C@H]2O)C[C@@H](OC(C)=O)[C@@H](NC(C)=O)C([C@H](OC(C)=O)[C@@H](COC(C)=O)OC(C)=O)O1. The molecule has 12 atom stereocenters.